The first-order chi connectivity index (χ1) is 15.2. The van der Waals surface area contributed by atoms with E-state index in [1.165, 1.54) is 53.6 Å². The molecule has 3 heteroatoms. The molecule has 4 aliphatic rings. The predicted molar refractivity (Wildman–Crippen MR) is 132 cm³/mol. The first-order valence-corrected chi connectivity index (χ1v) is 12.1. The second kappa shape index (κ2) is 8.61. The minimum absolute atomic E-state index is 0.861. The molecule has 2 fully saturated rings. The summed E-state index contributed by atoms with van der Waals surface area (Å²) >= 11 is 0. The molecule has 1 aromatic rings. The number of allylic oxidation sites excluding steroid dienone is 6. The zero-order chi connectivity index (χ0) is 21.4. The number of likely N-dealkylation sites (tertiary alicyclic amines) is 1. The Balaban J connectivity index is 1.38. The van der Waals surface area contributed by atoms with Crippen LogP contribution in [0.25, 0.3) is 11.1 Å². The largest absolute Gasteiger partial charge is 0.358 e. The van der Waals surface area contributed by atoms with Crippen LogP contribution in [0.15, 0.2) is 52.7 Å². The maximum atomic E-state index is 4.78. The van der Waals surface area contributed by atoms with E-state index in [2.05, 4.69) is 74.6 Å². The van der Waals surface area contributed by atoms with Gasteiger partial charge in [0, 0.05) is 25.1 Å². The quantitative estimate of drug-likeness (QED) is 0.296. The molecule has 3 nitrogen and oxygen atoms in total. The number of hydrogen-bond donors (Lipinski definition) is 0. The summed E-state index contributed by atoms with van der Waals surface area (Å²) in [7, 11) is 0. The average Bonchev–Trinajstić information content (AvgIpc) is 3.16. The van der Waals surface area contributed by atoms with Gasteiger partial charge in [0.05, 0.1) is 5.71 Å². The van der Waals surface area contributed by atoms with Crippen molar-refractivity contribution in [1.29, 1.82) is 0 Å². The van der Waals surface area contributed by atoms with Crippen molar-refractivity contribution in [3.8, 4) is 0 Å². The second-order valence-corrected chi connectivity index (χ2v) is 9.47. The van der Waals surface area contributed by atoms with Gasteiger partial charge in [-0.2, -0.15) is 5.10 Å². The van der Waals surface area contributed by atoms with Crippen LogP contribution in [-0.4, -0.2) is 29.5 Å². The van der Waals surface area contributed by atoms with Crippen LogP contribution in [0.5, 0.6) is 0 Å². The third-order valence-corrected chi connectivity index (χ3v) is 7.72. The minimum Gasteiger partial charge on any atom is -0.358 e. The molecule has 1 aromatic carbocycles. The highest BCUT2D eigenvalue weighted by molar-refractivity contribution is 6.07. The zero-order valence-corrected chi connectivity index (χ0v) is 19.1. The normalized spacial score (nSPS) is 27.6. The molecule has 5 rings (SSSR count). The lowest BCUT2D eigenvalue weighted by atomic mass is 9.91. The Bertz CT molecular complexity index is 1010. The molecule has 1 saturated heterocycles. The molecule has 1 heterocycles. The summed E-state index contributed by atoms with van der Waals surface area (Å²) in [5.41, 5.74) is 7.51. The van der Waals surface area contributed by atoms with Crippen LogP contribution in [0.1, 0.15) is 69.6 Å². The fourth-order valence-electron chi connectivity index (χ4n) is 5.77. The SMILES string of the molecule is CC/C(=N\N=C(/C)N1C[C@H]2CC[C@@H](CC)[C@H]2C1)c1ccc(C2=CCC=C2)cc1C1=C[CH]1. The smallest absolute Gasteiger partial charge is 0.124 e. The first kappa shape index (κ1) is 20.5. The second-order valence-electron chi connectivity index (χ2n) is 9.47. The van der Waals surface area contributed by atoms with Gasteiger partial charge in [-0.05, 0) is 78.7 Å². The Morgan fingerprint density at radius 1 is 1.10 bits per heavy atom. The van der Waals surface area contributed by atoms with Crippen molar-refractivity contribution >= 4 is 22.7 Å². The van der Waals surface area contributed by atoms with Gasteiger partial charge in [-0.3, -0.25) is 0 Å². The topological polar surface area (TPSA) is 28.0 Å². The number of hydrogen-bond acceptors (Lipinski definition) is 2. The lowest BCUT2D eigenvalue weighted by molar-refractivity contribution is 0.351. The Labute approximate surface area is 187 Å². The molecule has 31 heavy (non-hydrogen) atoms. The van der Waals surface area contributed by atoms with Gasteiger partial charge in [-0.25, -0.2) is 0 Å². The van der Waals surface area contributed by atoms with Crippen LogP contribution >= 0.6 is 0 Å². The van der Waals surface area contributed by atoms with Crippen molar-refractivity contribution in [3.05, 3.63) is 65.6 Å². The highest BCUT2D eigenvalue weighted by Gasteiger charge is 2.41. The zero-order valence-electron chi connectivity index (χ0n) is 19.1. The van der Waals surface area contributed by atoms with Gasteiger partial charge in [0.25, 0.3) is 0 Å². The van der Waals surface area contributed by atoms with E-state index in [1.54, 1.807) is 0 Å². The van der Waals surface area contributed by atoms with Crippen LogP contribution in [-0.2, 0) is 0 Å². The molecule has 1 radical (unpaired) electrons. The van der Waals surface area contributed by atoms with Crippen molar-refractivity contribution in [2.75, 3.05) is 13.1 Å². The summed E-state index contributed by atoms with van der Waals surface area (Å²) in [6, 6.07) is 6.79. The molecule has 0 amide bonds. The number of benzene rings is 1. The summed E-state index contributed by atoms with van der Waals surface area (Å²) in [4.78, 5) is 2.48. The van der Waals surface area contributed by atoms with Gasteiger partial charge in [0.2, 0.25) is 0 Å². The Morgan fingerprint density at radius 2 is 1.97 bits per heavy atom. The van der Waals surface area contributed by atoms with Crippen molar-refractivity contribution in [2.24, 2.45) is 28.0 Å². The van der Waals surface area contributed by atoms with Crippen LogP contribution in [0, 0.1) is 24.2 Å². The summed E-state index contributed by atoms with van der Waals surface area (Å²) in [6.45, 7) is 9.00. The van der Waals surface area contributed by atoms with E-state index in [0.717, 1.165) is 48.7 Å². The van der Waals surface area contributed by atoms with Gasteiger partial charge < -0.3 is 4.90 Å². The van der Waals surface area contributed by atoms with E-state index >= 15 is 0 Å². The highest BCUT2D eigenvalue weighted by Crippen LogP contribution is 2.43. The maximum absolute atomic E-state index is 4.78. The fraction of sp³-hybridized carbons (Fsp3) is 0.464. The lowest BCUT2D eigenvalue weighted by Crippen LogP contribution is -2.28. The van der Waals surface area contributed by atoms with Gasteiger partial charge in [-0.1, -0.05) is 56.7 Å². The van der Waals surface area contributed by atoms with E-state index in [-0.39, 0.29) is 0 Å². The van der Waals surface area contributed by atoms with E-state index in [0.29, 0.717) is 0 Å². The molecule has 1 aliphatic heterocycles. The Hall–Kier alpha value is -2.42. The monoisotopic (exact) mass is 412 g/mol. The van der Waals surface area contributed by atoms with E-state index < -0.39 is 0 Å². The van der Waals surface area contributed by atoms with Crippen molar-refractivity contribution in [2.45, 2.75) is 52.9 Å². The van der Waals surface area contributed by atoms with Crippen LogP contribution < -0.4 is 0 Å². The molecule has 0 spiro atoms. The van der Waals surface area contributed by atoms with Crippen molar-refractivity contribution in [3.63, 3.8) is 0 Å². The molecule has 1 saturated carbocycles. The van der Waals surface area contributed by atoms with Crippen LogP contribution in [0.4, 0.5) is 0 Å². The number of amidine groups is 1. The molecule has 0 bridgehead atoms. The summed E-state index contributed by atoms with van der Waals surface area (Å²) in [6.07, 6.45) is 17.2. The molecule has 0 N–H and O–H groups in total. The third-order valence-electron chi connectivity index (χ3n) is 7.72. The average molecular weight is 413 g/mol. The summed E-state index contributed by atoms with van der Waals surface area (Å²) < 4.78 is 0. The predicted octanol–water partition coefficient (Wildman–Crippen LogP) is 6.53. The molecular weight excluding hydrogens is 378 g/mol. The van der Waals surface area contributed by atoms with E-state index in [1.807, 2.05) is 0 Å². The van der Waals surface area contributed by atoms with Crippen LogP contribution in [0.3, 0.4) is 0 Å². The van der Waals surface area contributed by atoms with Crippen LogP contribution in [0.2, 0.25) is 0 Å². The molecule has 3 atom stereocenters. The van der Waals surface area contributed by atoms with Gasteiger partial charge in [0.15, 0.2) is 0 Å². The number of rotatable bonds is 6. The van der Waals surface area contributed by atoms with Gasteiger partial charge in [0.1, 0.15) is 5.84 Å². The number of nitrogens with zero attached hydrogens (tertiary/aromatic N) is 3. The van der Waals surface area contributed by atoms with Gasteiger partial charge >= 0.3 is 0 Å². The fourth-order valence-corrected chi connectivity index (χ4v) is 5.77. The first-order valence-electron chi connectivity index (χ1n) is 12.1. The molecule has 0 unspecified atom stereocenters. The summed E-state index contributed by atoms with van der Waals surface area (Å²) in [5, 5.41) is 9.51. The van der Waals surface area contributed by atoms with Crippen molar-refractivity contribution < 1.29 is 0 Å². The third kappa shape index (κ3) is 4.07. The Morgan fingerprint density at radius 3 is 2.68 bits per heavy atom. The van der Waals surface area contributed by atoms with Gasteiger partial charge in [-0.15, -0.1) is 5.10 Å². The lowest BCUT2D eigenvalue weighted by Gasteiger charge is -2.20. The van der Waals surface area contributed by atoms with Crippen molar-refractivity contribution in [1.82, 2.24) is 4.90 Å². The molecule has 0 aromatic heterocycles. The standard InChI is InChI=1S/C28H34N3/c1-4-20-10-13-24-17-31(18-27(20)24)19(3)29-30-28(5-2)25-15-14-23(21-8-6-7-9-21)16-26(25)22-11-12-22/h6,8-9,11-12,14-16,20,24,27H,4-5,7,10,13,17-18H2,1-3H3/b29-19+,30-28+/t20-,24-,27-/m1/s1. The van der Waals surface area contributed by atoms with E-state index in [4.69, 9.17) is 10.2 Å². The molecule has 161 valence electrons. The number of fused-ring (bicyclic) bond motifs is 1. The summed E-state index contributed by atoms with van der Waals surface area (Å²) in [5.74, 6) is 3.71. The minimum atomic E-state index is 0.861. The van der Waals surface area contributed by atoms with E-state index in [9.17, 15) is 0 Å². The Kier molecular flexibility index (Phi) is 5.69. The molecule has 3 aliphatic carbocycles. The maximum Gasteiger partial charge on any atom is 0.124 e. The highest BCUT2D eigenvalue weighted by atomic mass is 15.3. The molecular formula is C28H34N3.